The number of amides is 1. The number of carbonyl (C=O) groups excluding carboxylic acids is 2. The lowest BCUT2D eigenvalue weighted by Crippen LogP contribution is -2.33. The molecule has 0 atom stereocenters. The number of rotatable bonds is 7. The zero-order valence-electron chi connectivity index (χ0n) is 16.6. The van der Waals surface area contributed by atoms with Gasteiger partial charge in [-0.3, -0.25) is 9.69 Å². The summed E-state index contributed by atoms with van der Waals surface area (Å²) >= 11 is 6.61. The zero-order chi connectivity index (χ0) is 21.7. The quantitative estimate of drug-likeness (QED) is 0.393. The molecule has 0 spiro atoms. The van der Waals surface area contributed by atoms with E-state index in [0.29, 0.717) is 26.3 Å². The van der Waals surface area contributed by atoms with Crippen molar-refractivity contribution in [3.63, 3.8) is 0 Å². The van der Waals surface area contributed by atoms with Gasteiger partial charge in [-0.25, -0.2) is 4.79 Å². The molecule has 1 heterocycles. The van der Waals surface area contributed by atoms with Gasteiger partial charge in [0, 0.05) is 5.69 Å². The lowest BCUT2D eigenvalue weighted by molar-refractivity contribution is -0.121. The van der Waals surface area contributed by atoms with Crippen molar-refractivity contribution in [3.8, 4) is 11.5 Å². The number of esters is 1. The normalized spacial score (nSPS) is 14.8. The predicted octanol–water partition coefficient (Wildman–Crippen LogP) is 3.76. The lowest BCUT2D eigenvalue weighted by Gasteiger charge is -2.16. The third-order valence-corrected chi connectivity index (χ3v) is 5.70. The molecule has 1 aliphatic heterocycles. The maximum Gasteiger partial charge on any atom is 0.337 e. The summed E-state index contributed by atoms with van der Waals surface area (Å²) in [5, 5.41) is 3.14. The molecule has 1 saturated heterocycles. The minimum absolute atomic E-state index is 0.182. The van der Waals surface area contributed by atoms with E-state index in [1.807, 2.05) is 6.07 Å². The van der Waals surface area contributed by atoms with Crippen LogP contribution in [0.4, 0.5) is 5.69 Å². The molecule has 1 fully saturated rings. The minimum Gasteiger partial charge on any atom is -0.493 e. The summed E-state index contributed by atoms with van der Waals surface area (Å²) < 4.78 is 15.7. The Morgan fingerprint density at radius 1 is 1.10 bits per heavy atom. The Hall–Kier alpha value is -3.04. The summed E-state index contributed by atoms with van der Waals surface area (Å²) in [5.41, 5.74) is 2.01. The van der Waals surface area contributed by atoms with E-state index in [9.17, 15) is 9.59 Å². The number of thioether (sulfide) groups is 1. The molecule has 1 N–H and O–H groups in total. The van der Waals surface area contributed by atoms with Crippen LogP contribution in [0, 0.1) is 0 Å². The van der Waals surface area contributed by atoms with Crippen molar-refractivity contribution in [2.45, 2.75) is 0 Å². The Bertz CT molecular complexity index is 1000. The van der Waals surface area contributed by atoms with Crippen molar-refractivity contribution >= 4 is 51.9 Å². The number of thiocarbonyl (C=S) groups is 1. The smallest absolute Gasteiger partial charge is 0.337 e. The molecule has 0 aliphatic carbocycles. The first-order chi connectivity index (χ1) is 14.5. The molecular formula is C21H20N2O5S2. The van der Waals surface area contributed by atoms with Crippen LogP contribution in [0.15, 0.2) is 47.4 Å². The SMILES string of the molecule is COC(=O)c1ccc(NCN2C(=O)/C(=C/c3ccc(OC)c(OC)c3)SC2=S)cc1. The number of methoxy groups -OCH3 is 3. The highest BCUT2D eigenvalue weighted by Gasteiger charge is 2.31. The number of benzene rings is 2. The van der Waals surface area contributed by atoms with Crippen molar-refractivity contribution in [3.05, 3.63) is 58.5 Å². The molecular weight excluding hydrogens is 424 g/mol. The molecule has 0 aromatic heterocycles. The first-order valence-corrected chi connectivity index (χ1v) is 10.1. The Labute approximate surface area is 184 Å². The highest BCUT2D eigenvalue weighted by atomic mass is 32.2. The highest BCUT2D eigenvalue weighted by Crippen LogP contribution is 2.34. The van der Waals surface area contributed by atoms with Gasteiger partial charge in [-0.2, -0.15) is 0 Å². The van der Waals surface area contributed by atoms with Crippen molar-refractivity contribution in [2.24, 2.45) is 0 Å². The van der Waals surface area contributed by atoms with Crippen molar-refractivity contribution in [1.29, 1.82) is 0 Å². The van der Waals surface area contributed by atoms with Crippen LogP contribution in [-0.4, -0.2) is 49.1 Å². The molecule has 0 radical (unpaired) electrons. The van der Waals surface area contributed by atoms with E-state index < -0.39 is 5.97 Å². The molecule has 3 rings (SSSR count). The van der Waals surface area contributed by atoms with Gasteiger partial charge in [0.2, 0.25) is 0 Å². The second kappa shape index (κ2) is 9.64. The fourth-order valence-corrected chi connectivity index (χ4v) is 4.00. The fraction of sp³-hybridized carbons (Fsp3) is 0.190. The van der Waals surface area contributed by atoms with Crippen LogP contribution in [0.2, 0.25) is 0 Å². The van der Waals surface area contributed by atoms with Crippen LogP contribution in [0.3, 0.4) is 0 Å². The van der Waals surface area contributed by atoms with E-state index >= 15 is 0 Å². The number of nitrogens with one attached hydrogen (secondary N) is 1. The van der Waals surface area contributed by atoms with E-state index in [0.717, 1.165) is 11.3 Å². The van der Waals surface area contributed by atoms with Gasteiger partial charge in [0.1, 0.15) is 4.32 Å². The van der Waals surface area contributed by atoms with E-state index in [-0.39, 0.29) is 12.6 Å². The molecule has 1 amide bonds. The third kappa shape index (κ3) is 4.74. The first-order valence-electron chi connectivity index (χ1n) is 8.86. The Kier molecular flexibility index (Phi) is 6.96. The number of ether oxygens (including phenoxy) is 3. The van der Waals surface area contributed by atoms with Gasteiger partial charge in [0.15, 0.2) is 11.5 Å². The maximum atomic E-state index is 12.8. The van der Waals surface area contributed by atoms with Crippen LogP contribution in [0.1, 0.15) is 15.9 Å². The van der Waals surface area contributed by atoms with Crippen LogP contribution in [0.5, 0.6) is 11.5 Å². The van der Waals surface area contributed by atoms with Gasteiger partial charge in [-0.15, -0.1) is 0 Å². The number of hydrogen-bond donors (Lipinski definition) is 1. The summed E-state index contributed by atoms with van der Waals surface area (Å²) in [6, 6.07) is 12.2. The number of hydrogen-bond acceptors (Lipinski definition) is 8. The molecule has 156 valence electrons. The summed E-state index contributed by atoms with van der Waals surface area (Å²) in [7, 11) is 4.46. The Balaban J connectivity index is 1.69. The standard InChI is InChI=1S/C21H20N2O5S2/c1-26-16-9-4-13(10-17(16)27-2)11-18-19(24)23(21(29)30-18)12-22-15-7-5-14(6-8-15)20(25)28-3/h4-11,22H,12H2,1-3H3/b18-11-. The average Bonchev–Trinajstić information content (AvgIpc) is 3.04. The van der Waals surface area contributed by atoms with Gasteiger partial charge < -0.3 is 19.5 Å². The van der Waals surface area contributed by atoms with Crippen molar-refractivity contribution in [2.75, 3.05) is 33.3 Å². The van der Waals surface area contributed by atoms with E-state index in [2.05, 4.69) is 10.1 Å². The number of carbonyl (C=O) groups is 2. The topological polar surface area (TPSA) is 77.1 Å². The van der Waals surface area contributed by atoms with Gasteiger partial charge in [0.05, 0.1) is 38.5 Å². The highest BCUT2D eigenvalue weighted by molar-refractivity contribution is 8.26. The summed E-state index contributed by atoms with van der Waals surface area (Å²) in [5.74, 6) is 0.612. The molecule has 0 bridgehead atoms. The lowest BCUT2D eigenvalue weighted by atomic mass is 10.2. The Morgan fingerprint density at radius 3 is 2.43 bits per heavy atom. The van der Waals surface area contributed by atoms with Gasteiger partial charge in [-0.1, -0.05) is 30.0 Å². The van der Waals surface area contributed by atoms with Crippen molar-refractivity contribution < 1.29 is 23.8 Å². The molecule has 2 aromatic rings. The minimum atomic E-state index is -0.404. The largest absolute Gasteiger partial charge is 0.493 e. The molecule has 1 aliphatic rings. The van der Waals surface area contributed by atoms with Crippen molar-refractivity contribution in [1.82, 2.24) is 4.90 Å². The first kappa shape index (κ1) is 21.7. The van der Waals surface area contributed by atoms with E-state index in [1.165, 1.54) is 23.8 Å². The second-order valence-electron chi connectivity index (χ2n) is 6.13. The third-order valence-electron chi connectivity index (χ3n) is 4.33. The van der Waals surface area contributed by atoms with E-state index in [1.54, 1.807) is 56.7 Å². The zero-order valence-corrected chi connectivity index (χ0v) is 18.3. The monoisotopic (exact) mass is 444 g/mol. The number of anilines is 1. The molecule has 9 heteroatoms. The van der Waals surface area contributed by atoms with Crippen LogP contribution >= 0.6 is 24.0 Å². The molecule has 0 unspecified atom stereocenters. The average molecular weight is 445 g/mol. The predicted molar refractivity (Wildman–Crippen MR) is 121 cm³/mol. The van der Waals surface area contributed by atoms with Crippen LogP contribution < -0.4 is 14.8 Å². The van der Waals surface area contributed by atoms with E-state index in [4.69, 9.17) is 21.7 Å². The summed E-state index contributed by atoms with van der Waals surface area (Å²) in [6.07, 6.45) is 1.77. The summed E-state index contributed by atoms with van der Waals surface area (Å²) in [4.78, 5) is 26.3. The van der Waals surface area contributed by atoms with Gasteiger partial charge in [0.25, 0.3) is 5.91 Å². The maximum absolute atomic E-state index is 12.8. The Morgan fingerprint density at radius 2 is 1.80 bits per heavy atom. The number of nitrogens with zero attached hydrogens (tertiary/aromatic N) is 1. The van der Waals surface area contributed by atoms with Crippen LogP contribution in [-0.2, 0) is 9.53 Å². The second-order valence-corrected chi connectivity index (χ2v) is 7.80. The molecule has 7 nitrogen and oxygen atoms in total. The summed E-state index contributed by atoms with van der Waals surface area (Å²) in [6.45, 7) is 0.214. The van der Waals surface area contributed by atoms with Gasteiger partial charge in [-0.05, 0) is 48.0 Å². The molecule has 0 saturated carbocycles. The fourth-order valence-electron chi connectivity index (χ4n) is 2.74. The molecule has 2 aromatic carbocycles. The van der Waals surface area contributed by atoms with Crippen LogP contribution in [0.25, 0.3) is 6.08 Å². The van der Waals surface area contributed by atoms with Gasteiger partial charge >= 0.3 is 5.97 Å². The molecule has 30 heavy (non-hydrogen) atoms.